The predicted molar refractivity (Wildman–Crippen MR) is 76.1 cm³/mol. The van der Waals surface area contributed by atoms with Gasteiger partial charge in [0.05, 0.1) is 12.0 Å². The summed E-state index contributed by atoms with van der Waals surface area (Å²) >= 11 is 1.77. The molecule has 3 rings (SSSR count). The van der Waals surface area contributed by atoms with E-state index in [4.69, 9.17) is 0 Å². The number of rotatable bonds is 3. The van der Waals surface area contributed by atoms with Crippen LogP contribution in [0.4, 0.5) is 5.82 Å². The van der Waals surface area contributed by atoms with Gasteiger partial charge in [0.25, 0.3) is 0 Å². The van der Waals surface area contributed by atoms with Crippen molar-refractivity contribution in [3.05, 3.63) is 41.9 Å². The van der Waals surface area contributed by atoms with Crippen molar-refractivity contribution in [2.45, 2.75) is 24.3 Å². The molecule has 0 N–H and O–H groups in total. The van der Waals surface area contributed by atoms with Crippen molar-refractivity contribution >= 4 is 23.8 Å². The smallest absolute Gasteiger partial charge is 0.173 e. The fraction of sp³-hybridized carbons (Fsp3) is 0.286. The maximum Gasteiger partial charge on any atom is 0.173 e. The van der Waals surface area contributed by atoms with Crippen LogP contribution in [0.25, 0.3) is 0 Å². The lowest BCUT2D eigenvalue weighted by molar-refractivity contribution is 0.738. The summed E-state index contributed by atoms with van der Waals surface area (Å²) in [5.41, 5.74) is 2.52. The zero-order valence-corrected chi connectivity index (χ0v) is 11.3. The van der Waals surface area contributed by atoms with Crippen LogP contribution in [0.5, 0.6) is 0 Å². The number of benzene rings is 1. The molecule has 1 aromatic heterocycles. The van der Waals surface area contributed by atoms with Gasteiger partial charge in [0.15, 0.2) is 5.82 Å². The van der Waals surface area contributed by atoms with Crippen LogP contribution in [0.2, 0.25) is 0 Å². The average molecular weight is 257 g/mol. The first-order valence-electron chi connectivity index (χ1n) is 6.00. The number of aliphatic imine (C=N–C) groups is 1. The SMILES string of the molecule is CSc1ccc(Cn2cnc3c2C(C)C=N3)cc1. The second kappa shape index (κ2) is 4.61. The van der Waals surface area contributed by atoms with Gasteiger partial charge >= 0.3 is 0 Å². The molecule has 2 aromatic rings. The maximum absolute atomic E-state index is 4.34. The molecule has 0 saturated carbocycles. The van der Waals surface area contributed by atoms with Gasteiger partial charge in [-0.1, -0.05) is 19.1 Å². The largest absolute Gasteiger partial charge is 0.328 e. The summed E-state index contributed by atoms with van der Waals surface area (Å²) in [6, 6.07) is 8.69. The van der Waals surface area contributed by atoms with Gasteiger partial charge in [-0.2, -0.15) is 0 Å². The van der Waals surface area contributed by atoms with Crippen molar-refractivity contribution in [2.24, 2.45) is 4.99 Å². The monoisotopic (exact) mass is 257 g/mol. The average Bonchev–Trinajstić information content (AvgIpc) is 2.95. The molecule has 1 aliphatic rings. The Labute approximate surface area is 111 Å². The molecule has 0 aliphatic carbocycles. The Hall–Kier alpha value is -1.55. The third-order valence-corrected chi connectivity index (χ3v) is 3.97. The Morgan fingerprint density at radius 1 is 1.28 bits per heavy atom. The summed E-state index contributed by atoms with van der Waals surface area (Å²) in [6.45, 7) is 3.02. The van der Waals surface area contributed by atoms with E-state index in [2.05, 4.69) is 52.0 Å². The quantitative estimate of drug-likeness (QED) is 0.788. The summed E-state index contributed by atoms with van der Waals surface area (Å²) in [5, 5.41) is 0. The van der Waals surface area contributed by atoms with Gasteiger partial charge in [0.2, 0.25) is 0 Å². The Morgan fingerprint density at radius 3 is 2.78 bits per heavy atom. The molecule has 92 valence electrons. The van der Waals surface area contributed by atoms with Crippen LogP contribution in [0.1, 0.15) is 24.1 Å². The number of imidazole rings is 1. The number of hydrogen-bond donors (Lipinski definition) is 0. The molecular formula is C14H15N3S. The highest BCUT2D eigenvalue weighted by Crippen LogP contribution is 2.30. The zero-order chi connectivity index (χ0) is 12.5. The first-order chi connectivity index (χ1) is 8.78. The lowest BCUT2D eigenvalue weighted by Gasteiger charge is -2.09. The number of nitrogens with zero attached hydrogens (tertiary/aromatic N) is 3. The Balaban J connectivity index is 1.85. The molecule has 1 aromatic carbocycles. The van der Waals surface area contributed by atoms with E-state index in [-0.39, 0.29) is 0 Å². The van der Waals surface area contributed by atoms with E-state index < -0.39 is 0 Å². The first-order valence-corrected chi connectivity index (χ1v) is 7.22. The van der Waals surface area contributed by atoms with Crippen molar-refractivity contribution in [2.75, 3.05) is 6.26 Å². The molecule has 0 amide bonds. The molecule has 0 bridgehead atoms. The number of fused-ring (bicyclic) bond motifs is 1. The highest BCUT2D eigenvalue weighted by atomic mass is 32.2. The number of aromatic nitrogens is 2. The van der Waals surface area contributed by atoms with Crippen molar-refractivity contribution in [3.63, 3.8) is 0 Å². The normalized spacial score (nSPS) is 17.1. The van der Waals surface area contributed by atoms with Crippen LogP contribution >= 0.6 is 11.8 Å². The van der Waals surface area contributed by atoms with Gasteiger partial charge in [-0.05, 0) is 24.0 Å². The third kappa shape index (κ3) is 1.97. The van der Waals surface area contributed by atoms with Gasteiger partial charge < -0.3 is 4.57 Å². The zero-order valence-electron chi connectivity index (χ0n) is 10.5. The molecule has 0 radical (unpaired) electrons. The minimum absolute atomic E-state index is 0.368. The summed E-state index contributed by atoms with van der Waals surface area (Å²) in [5.74, 6) is 1.25. The van der Waals surface area contributed by atoms with Crippen LogP contribution in [0, 0.1) is 0 Å². The number of thioether (sulfide) groups is 1. The number of hydrogen-bond acceptors (Lipinski definition) is 3. The topological polar surface area (TPSA) is 30.2 Å². The molecular weight excluding hydrogens is 242 g/mol. The Morgan fingerprint density at radius 2 is 2.06 bits per heavy atom. The van der Waals surface area contributed by atoms with E-state index in [0.717, 1.165) is 12.4 Å². The summed E-state index contributed by atoms with van der Waals surface area (Å²) < 4.78 is 2.20. The fourth-order valence-corrected chi connectivity index (χ4v) is 2.66. The van der Waals surface area contributed by atoms with Crippen LogP contribution in [0.3, 0.4) is 0 Å². The summed E-state index contributed by atoms with van der Waals surface area (Å²) in [7, 11) is 0. The first kappa shape index (κ1) is 11.5. The minimum Gasteiger partial charge on any atom is -0.328 e. The van der Waals surface area contributed by atoms with Gasteiger partial charge in [-0.3, -0.25) is 0 Å². The second-order valence-corrected chi connectivity index (χ2v) is 5.38. The van der Waals surface area contributed by atoms with Crippen LogP contribution in [-0.4, -0.2) is 22.0 Å². The van der Waals surface area contributed by atoms with Crippen molar-refractivity contribution < 1.29 is 0 Å². The highest BCUT2D eigenvalue weighted by molar-refractivity contribution is 7.98. The molecule has 0 spiro atoms. The molecule has 0 fully saturated rings. The summed E-state index contributed by atoms with van der Waals surface area (Å²) in [6.07, 6.45) is 5.95. The highest BCUT2D eigenvalue weighted by Gasteiger charge is 2.20. The lowest BCUT2D eigenvalue weighted by Crippen LogP contribution is -2.05. The van der Waals surface area contributed by atoms with Gasteiger partial charge in [0, 0.05) is 23.6 Å². The fourth-order valence-electron chi connectivity index (χ4n) is 2.25. The van der Waals surface area contributed by atoms with Crippen LogP contribution in [0.15, 0.2) is 40.5 Å². The van der Waals surface area contributed by atoms with Crippen LogP contribution in [-0.2, 0) is 6.54 Å². The molecule has 1 unspecified atom stereocenters. The predicted octanol–water partition coefficient (Wildman–Crippen LogP) is 3.47. The molecule has 18 heavy (non-hydrogen) atoms. The summed E-state index contributed by atoms with van der Waals surface area (Å²) in [4.78, 5) is 9.95. The van der Waals surface area contributed by atoms with Crippen molar-refractivity contribution in [1.82, 2.24) is 9.55 Å². The van der Waals surface area contributed by atoms with Crippen LogP contribution < -0.4 is 0 Å². The van der Waals surface area contributed by atoms with E-state index in [1.54, 1.807) is 11.8 Å². The van der Waals surface area contributed by atoms with Gasteiger partial charge in [0.1, 0.15) is 0 Å². The van der Waals surface area contributed by atoms with E-state index >= 15 is 0 Å². The third-order valence-electron chi connectivity index (χ3n) is 3.22. The van der Waals surface area contributed by atoms with Crippen molar-refractivity contribution in [1.29, 1.82) is 0 Å². The standard InChI is InChI=1S/C14H15N3S/c1-10-7-15-14-13(10)17(9-16-14)8-11-3-5-12(18-2)6-4-11/h3-7,9-10H,8H2,1-2H3. The Kier molecular flexibility index (Phi) is 2.96. The van der Waals surface area contributed by atoms with E-state index in [0.29, 0.717) is 5.92 Å². The Bertz CT molecular complexity index is 584. The molecule has 1 atom stereocenters. The van der Waals surface area contributed by atoms with E-state index in [1.807, 2.05) is 12.5 Å². The molecule has 3 nitrogen and oxygen atoms in total. The lowest BCUT2D eigenvalue weighted by atomic mass is 10.1. The van der Waals surface area contributed by atoms with E-state index in [9.17, 15) is 0 Å². The molecule has 2 heterocycles. The maximum atomic E-state index is 4.34. The van der Waals surface area contributed by atoms with Gasteiger partial charge in [-0.15, -0.1) is 11.8 Å². The van der Waals surface area contributed by atoms with Gasteiger partial charge in [-0.25, -0.2) is 9.98 Å². The second-order valence-electron chi connectivity index (χ2n) is 4.50. The molecule has 4 heteroatoms. The van der Waals surface area contributed by atoms with E-state index in [1.165, 1.54) is 16.2 Å². The molecule has 0 saturated heterocycles. The van der Waals surface area contributed by atoms with Crippen molar-refractivity contribution in [3.8, 4) is 0 Å². The minimum atomic E-state index is 0.368. The molecule has 1 aliphatic heterocycles.